The Hall–Kier alpha value is -1.15. The highest BCUT2D eigenvalue weighted by Crippen LogP contribution is 2.15. The first kappa shape index (κ1) is 19.9. The van der Waals surface area contributed by atoms with E-state index in [-0.39, 0.29) is 24.0 Å². The van der Waals surface area contributed by atoms with E-state index >= 15 is 0 Å². The number of rotatable bonds is 6. The van der Waals surface area contributed by atoms with E-state index in [4.69, 9.17) is 0 Å². The molecule has 126 valence electrons. The van der Waals surface area contributed by atoms with Crippen LogP contribution in [-0.2, 0) is 13.0 Å². The number of hydrogen-bond acceptors (Lipinski definition) is 3. The van der Waals surface area contributed by atoms with Crippen molar-refractivity contribution in [1.82, 2.24) is 15.6 Å². The predicted molar refractivity (Wildman–Crippen MR) is 110 cm³/mol. The van der Waals surface area contributed by atoms with E-state index in [1.54, 1.807) is 11.3 Å². The van der Waals surface area contributed by atoms with Crippen LogP contribution >= 0.6 is 35.3 Å². The minimum Gasteiger partial charge on any atom is -0.357 e. The van der Waals surface area contributed by atoms with E-state index in [2.05, 4.69) is 52.7 Å². The maximum absolute atomic E-state index is 4.63. The fraction of sp³-hybridized carbons (Fsp3) is 0.412. The molecule has 2 heterocycles. The van der Waals surface area contributed by atoms with Gasteiger partial charge in [-0.2, -0.15) is 0 Å². The molecule has 0 aliphatic heterocycles. The maximum Gasteiger partial charge on any atom is 0.191 e. The Kier molecular flexibility index (Phi) is 9.16. The fourth-order valence-corrected chi connectivity index (χ4v) is 2.86. The standard InChI is InChI=1S/C17H24N4S.HI/c1-4-18-17(21-12-16-8-6-14(3)22-16)19-10-9-15-7-5-13(2)20-11-15;/h5-8,11H,4,9-10,12H2,1-3H3,(H2,18,19,21);1H. The molecule has 2 aromatic rings. The summed E-state index contributed by atoms with van der Waals surface area (Å²) in [5.41, 5.74) is 2.29. The second kappa shape index (κ2) is 10.6. The van der Waals surface area contributed by atoms with Crippen molar-refractivity contribution in [2.45, 2.75) is 33.7 Å². The highest BCUT2D eigenvalue weighted by atomic mass is 127. The number of aromatic nitrogens is 1. The lowest BCUT2D eigenvalue weighted by Gasteiger charge is -2.11. The van der Waals surface area contributed by atoms with Gasteiger partial charge in [0.1, 0.15) is 0 Å². The Balaban J connectivity index is 0.00000264. The molecule has 0 spiro atoms. The summed E-state index contributed by atoms with van der Waals surface area (Å²) in [4.78, 5) is 11.6. The number of aryl methyl sites for hydroxylation is 2. The maximum atomic E-state index is 4.63. The topological polar surface area (TPSA) is 49.3 Å². The zero-order valence-electron chi connectivity index (χ0n) is 13.9. The Bertz CT molecular complexity index is 607. The third-order valence-electron chi connectivity index (χ3n) is 3.21. The zero-order valence-corrected chi connectivity index (χ0v) is 17.1. The van der Waals surface area contributed by atoms with E-state index < -0.39 is 0 Å². The molecular formula is C17H25IN4S. The monoisotopic (exact) mass is 444 g/mol. The molecule has 6 heteroatoms. The van der Waals surface area contributed by atoms with Gasteiger partial charge in [-0.15, -0.1) is 35.3 Å². The SMILES string of the molecule is CCNC(=NCc1ccc(C)s1)NCCc1ccc(C)nc1.I. The first-order valence-corrected chi connectivity index (χ1v) is 8.48. The quantitative estimate of drug-likeness (QED) is 0.406. The van der Waals surface area contributed by atoms with Gasteiger partial charge in [-0.25, -0.2) is 4.99 Å². The Morgan fingerprint density at radius 1 is 1.17 bits per heavy atom. The van der Waals surface area contributed by atoms with Gasteiger partial charge in [0.05, 0.1) is 6.54 Å². The molecule has 0 atom stereocenters. The molecule has 0 saturated carbocycles. The molecule has 2 rings (SSSR count). The first-order chi connectivity index (χ1) is 10.7. The third kappa shape index (κ3) is 7.30. The lowest BCUT2D eigenvalue weighted by Crippen LogP contribution is -2.38. The van der Waals surface area contributed by atoms with Crippen molar-refractivity contribution in [3.8, 4) is 0 Å². The largest absolute Gasteiger partial charge is 0.357 e. The number of nitrogens with one attached hydrogen (secondary N) is 2. The molecule has 0 saturated heterocycles. The van der Waals surface area contributed by atoms with Gasteiger partial charge in [0.2, 0.25) is 0 Å². The lowest BCUT2D eigenvalue weighted by atomic mass is 10.2. The van der Waals surface area contributed by atoms with Crippen molar-refractivity contribution in [3.63, 3.8) is 0 Å². The van der Waals surface area contributed by atoms with E-state index in [1.165, 1.54) is 15.3 Å². The summed E-state index contributed by atoms with van der Waals surface area (Å²) in [6, 6.07) is 8.46. The zero-order chi connectivity index (χ0) is 15.8. The van der Waals surface area contributed by atoms with Gasteiger partial charge >= 0.3 is 0 Å². The second-order valence-electron chi connectivity index (χ2n) is 5.19. The van der Waals surface area contributed by atoms with Gasteiger partial charge in [-0.05, 0) is 51.0 Å². The number of nitrogens with zero attached hydrogens (tertiary/aromatic N) is 2. The Morgan fingerprint density at radius 3 is 2.61 bits per heavy atom. The molecule has 0 aromatic carbocycles. The van der Waals surface area contributed by atoms with E-state index in [0.29, 0.717) is 0 Å². The number of pyridine rings is 1. The van der Waals surface area contributed by atoms with Gasteiger partial charge in [-0.3, -0.25) is 4.98 Å². The summed E-state index contributed by atoms with van der Waals surface area (Å²) in [6.07, 6.45) is 2.88. The van der Waals surface area contributed by atoms with Crippen LogP contribution in [0.1, 0.15) is 27.9 Å². The molecule has 0 aliphatic carbocycles. The van der Waals surface area contributed by atoms with Crippen LogP contribution < -0.4 is 10.6 Å². The molecule has 0 unspecified atom stereocenters. The second-order valence-corrected chi connectivity index (χ2v) is 6.56. The number of guanidine groups is 1. The van der Waals surface area contributed by atoms with E-state index in [9.17, 15) is 0 Å². The highest BCUT2D eigenvalue weighted by molar-refractivity contribution is 14.0. The van der Waals surface area contributed by atoms with Crippen LogP contribution in [0.2, 0.25) is 0 Å². The Labute approximate surface area is 159 Å². The van der Waals surface area contributed by atoms with Crippen LogP contribution in [0.25, 0.3) is 0 Å². The Morgan fingerprint density at radius 2 is 2.00 bits per heavy atom. The highest BCUT2D eigenvalue weighted by Gasteiger charge is 2.00. The predicted octanol–water partition coefficient (Wildman–Crippen LogP) is 3.68. The first-order valence-electron chi connectivity index (χ1n) is 7.66. The van der Waals surface area contributed by atoms with Crippen LogP contribution in [0.15, 0.2) is 35.5 Å². The van der Waals surface area contributed by atoms with Gasteiger partial charge in [0.15, 0.2) is 5.96 Å². The van der Waals surface area contributed by atoms with Crippen molar-refractivity contribution in [1.29, 1.82) is 0 Å². The van der Waals surface area contributed by atoms with Crippen LogP contribution in [-0.4, -0.2) is 24.0 Å². The summed E-state index contributed by atoms with van der Waals surface area (Å²) in [5.74, 6) is 0.869. The fourth-order valence-electron chi connectivity index (χ4n) is 2.04. The van der Waals surface area contributed by atoms with Gasteiger partial charge < -0.3 is 10.6 Å². The number of halogens is 1. The normalized spacial score (nSPS) is 11.0. The molecule has 23 heavy (non-hydrogen) atoms. The van der Waals surface area contributed by atoms with Crippen LogP contribution in [0.5, 0.6) is 0 Å². The van der Waals surface area contributed by atoms with Crippen LogP contribution in [0.3, 0.4) is 0 Å². The minimum absolute atomic E-state index is 0. The molecule has 2 N–H and O–H groups in total. The number of aliphatic imine (C=N–C) groups is 1. The molecule has 0 radical (unpaired) electrons. The van der Waals surface area contributed by atoms with Crippen molar-refractivity contribution in [2.24, 2.45) is 4.99 Å². The molecule has 2 aromatic heterocycles. The smallest absolute Gasteiger partial charge is 0.191 e. The lowest BCUT2D eigenvalue weighted by molar-refractivity contribution is 0.798. The van der Waals surface area contributed by atoms with Crippen molar-refractivity contribution in [3.05, 3.63) is 51.5 Å². The number of thiophene rings is 1. The summed E-state index contributed by atoms with van der Waals surface area (Å²) in [7, 11) is 0. The van der Waals surface area contributed by atoms with Gasteiger partial charge in [0.25, 0.3) is 0 Å². The van der Waals surface area contributed by atoms with Crippen molar-refractivity contribution in [2.75, 3.05) is 13.1 Å². The van der Waals surface area contributed by atoms with Crippen molar-refractivity contribution >= 4 is 41.3 Å². The van der Waals surface area contributed by atoms with Crippen LogP contribution in [0, 0.1) is 13.8 Å². The molecular weight excluding hydrogens is 419 g/mol. The van der Waals surface area contributed by atoms with Gasteiger partial charge in [-0.1, -0.05) is 6.07 Å². The van der Waals surface area contributed by atoms with E-state index in [1.807, 2.05) is 19.2 Å². The molecule has 4 nitrogen and oxygen atoms in total. The number of hydrogen-bond donors (Lipinski definition) is 2. The molecule has 0 amide bonds. The van der Waals surface area contributed by atoms with Crippen molar-refractivity contribution < 1.29 is 0 Å². The summed E-state index contributed by atoms with van der Waals surface area (Å²) in [5, 5.41) is 6.66. The summed E-state index contributed by atoms with van der Waals surface area (Å²) >= 11 is 1.80. The summed E-state index contributed by atoms with van der Waals surface area (Å²) in [6.45, 7) is 8.64. The van der Waals surface area contributed by atoms with Crippen LogP contribution in [0.4, 0.5) is 0 Å². The summed E-state index contributed by atoms with van der Waals surface area (Å²) < 4.78 is 0. The van der Waals surface area contributed by atoms with E-state index in [0.717, 1.165) is 37.7 Å². The third-order valence-corrected chi connectivity index (χ3v) is 4.20. The average Bonchev–Trinajstić information content (AvgIpc) is 2.92. The molecule has 0 bridgehead atoms. The molecule has 0 fully saturated rings. The molecule has 0 aliphatic rings. The minimum atomic E-state index is 0. The van der Waals surface area contributed by atoms with Gasteiger partial charge in [0, 0.05) is 34.7 Å². The average molecular weight is 444 g/mol.